The van der Waals surface area contributed by atoms with Crippen molar-refractivity contribution < 1.29 is 9.84 Å². The van der Waals surface area contributed by atoms with Gasteiger partial charge in [0, 0.05) is 19.1 Å². The molecule has 1 saturated heterocycles. The van der Waals surface area contributed by atoms with Crippen LogP contribution >= 0.6 is 0 Å². The van der Waals surface area contributed by atoms with Gasteiger partial charge in [0.25, 0.3) is 0 Å². The Bertz CT molecular complexity index is 113. The number of nitrogens with one attached hydrogen (secondary N) is 1. The molecule has 1 aliphatic rings. The highest BCUT2D eigenvalue weighted by molar-refractivity contribution is 4.68. The van der Waals surface area contributed by atoms with Gasteiger partial charge in [-0.05, 0) is 19.4 Å². The molecule has 1 aliphatic heterocycles. The van der Waals surface area contributed by atoms with Crippen LogP contribution in [0.2, 0.25) is 0 Å². The fourth-order valence-electron chi connectivity index (χ4n) is 1.32. The van der Waals surface area contributed by atoms with Crippen LogP contribution in [0.15, 0.2) is 0 Å². The molecule has 1 unspecified atom stereocenters. The summed E-state index contributed by atoms with van der Waals surface area (Å²) in [5.41, 5.74) is 0. The van der Waals surface area contributed by atoms with Gasteiger partial charge in [0.05, 0.1) is 12.7 Å². The molecule has 0 amide bonds. The summed E-state index contributed by atoms with van der Waals surface area (Å²) in [5.74, 6) is 0.270. The summed E-state index contributed by atoms with van der Waals surface area (Å²) in [6.07, 6.45) is 2.73. The predicted molar refractivity (Wildman–Crippen MR) is 48.1 cm³/mol. The van der Waals surface area contributed by atoms with Crippen LogP contribution in [0, 0.1) is 5.92 Å². The largest absolute Gasteiger partial charge is 0.396 e. The fourth-order valence-corrected chi connectivity index (χ4v) is 1.32. The zero-order chi connectivity index (χ0) is 8.81. The maximum Gasteiger partial charge on any atom is 0.0700 e. The first-order chi connectivity index (χ1) is 5.83. The maximum atomic E-state index is 8.77. The van der Waals surface area contributed by atoms with Crippen LogP contribution in [0.3, 0.4) is 0 Å². The summed E-state index contributed by atoms with van der Waals surface area (Å²) in [7, 11) is 0. The second kappa shape index (κ2) is 5.51. The molecule has 0 aromatic rings. The predicted octanol–water partition coefficient (Wildman–Crippen LogP) is 0.383. The quantitative estimate of drug-likeness (QED) is 0.646. The Balaban J connectivity index is 2.05. The lowest BCUT2D eigenvalue weighted by Crippen LogP contribution is -2.36. The van der Waals surface area contributed by atoms with Crippen LogP contribution in [0.4, 0.5) is 0 Å². The van der Waals surface area contributed by atoms with Crippen LogP contribution in [0.5, 0.6) is 0 Å². The van der Waals surface area contributed by atoms with Crippen molar-refractivity contribution in [2.75, 3.05) is 26.3 Å². The zero-order valence-electron chi connectivity index (χ0n) is 7.75. The number of rotatable bonds is 4. The van der Waals surface area contributed by atoms with Gasteiger partial charge in [-0.25, -0.2) is 0 Å². The lowest BCUT2D eigenvalue weighted by molar-refractivity contribution is 0.00794. The number of hydrogen-bond donors (Lipinski definition) is 2. The molecule has 0 aliphatic carbocycles. The number of aliphatic hydroxyl groups excluding tert-OH is 1. The van der Waals surface area contributed by atoms with E-state index in [1.54, 1.807) is 0 Å². The summed E-state index contributed by atoms with van der Waals surface area (Å²) in [6.45, 7) is 4.99. The van der Waals surface area contributed by atoms with Crippen molar-refractivity contribution in [1.82, 2.24) is 5.32 Å². The first kappa shape index (κ1) is 9.96. The number of aliphatic hydroxyl groups is 1. The molecule has 2 atom stereocenters. The van der Waals surface area contributed by atoms with Gasteiger partial charge in [-0.2, -0.15) is 0 Å². The molecule has 1 fully saturated rings. The smallest absolute Gasteiger partial charge is 0.0700 e. The second-order valence-corrected chi connectivity index (χ2v) is 3.59. The standard InChI is InChI=1S/C9H19NO2/c1-8(6-11)7-12-9-3-2-4-10-5-9/h8-11H,2-7H2,1H3/t8?,9-/m0/s1. The van der Waals surface area contributed by atoms with Crippen molar-refractivity contribution >= 4 is 0 Å². The minimum absolute atomic E-state index is 0.222. The third-order valence-corrected chi connectivity index (χ3v) is 2.18. The van der Waals surface area contributed by atoms with Gasteiger partial charge >= 0.3 is 0 Å². The molecule has 0 radical (unpaired) electrons. The second-order valence-electron chi connectivity index (χ2n) is 3.59. The van der Waals surface area contributed by atoms with Crippen molar-refractivity contribution in [3.05, 3.63) is 0 Å². The van der Waals surface area contributed by atoms with Crippen molar-refractivity contribution in [3.8, 4) is 0 Å². The Morgan fingerprint density at radius 3 is 3.08 bits per heavy atom. The average molecular weight is 173 g/mol. The summed E-state index contributed by atoms with van der Waals surface area (Å²) in [4.78, 5) is 0. The van der Waals surface area contributed by atoms with E-state index in [0.717, 1.165) is 19.5 Å². The third kappa shape index (κ3) is 3.52. The molecule has 2 N–H and O–H groups in total. The highest BCUT2D eigenvalue weighted by Gasteiger charge is 2.13. The van der Waals surface area contributed by atoms with E-state index in [-0.39, 0.29) is 12.5 Å². The van der Waals surface area contributed by atoms with Gasteiger partial charge in [0.1, 0.15) is 0 Å². The Morgan fingerprint density at radius 2 is 2.50 bits per heavy atom. The lowest BCUT2D eigenvalue weighted by atomic mass is 10.1. The highest BCUT2D eigenvalue weighted by atomic mass is 16.5. The molecule has 0 saturated carbocycles. The van der Waals surface area contributed by atoms with Crippen molar-refractivity contribution in [2.45, 2.75) is 25.9 Å². The molecule has 0 bridgehead atoms. The number of ether oxygens (including phenoxy) is 1. The van der Waals surface area contributed by atoms with Crippen LogP contribution in [0.1, 0.15) is 19.8 Å². The molecule has 1 rings (SSSR count). The summed E-state index contributed by atoms with van der Waals surface area (Å²) >= 11 is 0. The van der Waals surface area contributed by atoms with Gasteiger partial charge in [0.2, 0.25) is 0 Å². The van der Waals surface area contributed by atoms with Crippen molar-refractivity contribution in [1.29, 1.82) is 0 Å². The fraction of sp³-hybridized carbons (Fsp3) is 1.00. The minimum Gasteiger partial charge on any atom is -0.396 e. The van der Waals surface area contributed by atoms with Gasteiger partial charge in [-0.1, -0.05) is 6.92 Å². The van der Waals surface area contributed by atoms with E-state index in [0.29, 0.717) is 12.7 Å². The highest BCUT2D eigenvalue weighted by Crippen LogP contribution is 2.07. The normalized spacial score (nSPS) is 27.0. The Labute approximate surface area is 74.1 Å². The molecule has 0 spiro atoms. The van der Waals surface area contributed by atoms with E-state index in [9.17, 15) is 0 Å². The average Bonchev–Trinajstić information content (AvgIpc) is 2.16. The summed E-state index contributed by atoms with van der Waals surface area (Å²) in [5, 5.41) is 12.1. The van der Waals surface area contributed by atoms with Gasteiger partial charge in [-0.15, -0.1) is 0 Å². The molecule has 1 heterocycles. The van der Waals surface area contributed by atoms with E-state index in [2.05, 4.69) is 5.32 Å². The van der Waals surface area contributed by atoms with Gasteiger partial charge in [0.15, 0.2) is 0 Å². The van der Waals surface area contributed by atoms with E-state index in [1.165, 1.54) is 6.42 Å². The maximum absolute atomic E-state index is 8.77. The molecule has 3 heteroatoms. The van der Waals surface area contributed by atoms with Crippen molar-refractivity contribution in [2.24, 2.45) is 5.92 Å². The summed E-state index contributed by atoms with van der Waals surface area (Å²) in [6, 6.07) is 0. The summed E-state index contributed by atoms with van der Waals surface area (Å²) < 4.78 is 5.61. The molecule has 0 aromatic heterocycles. The Morgan fingerprint density at radius 1 is 1.67 bits per heavy atom. The number of hydrogen-bond acceptors (Lipinski definition) is 3. The minimum atomic E-state index is 0.222. The lowest BCUT2D eigenvalue weighted by Gasteiger charge is -2.24. The van der Waals surface area contributed by atoms with Crippen LogP contribution in [0.25, 0.3) is 0 Å². The molecule has 72 valence electrons. The van der Waals surface area contributed by atoms with Gasteiger partial charge < -0.3 is 15.2 Å². The third-order valence-electron chi connectivity index (χ3n) is 2.18. The monoisotopic (exact) mass is 173 g/mol. The molecular weight excluding hydrogens is 154 g/mol. The Kier molecular flexibility index (Phi) is 4.58. The molecule has 3 nitrogen and oxygen atoms in total. The van der Waals surface area contributed by atoms with E-state index >= 15 is 0 Å². The number of piperidine rings is 1. The van der Waals surface area contributed by atoms with Crippen LogP contribution in [-0.2, 0) is 4.74 Å². The first-order valence-electron chi connectivity index (χ1n) is 4.76. The van der Waals surface area contributed by atoms with Crippen LogP contribution in [-0.4, -0.2) is 37.5 Å². The van der Waals surface area contributed by atoms with E-state index < -0.39 is 0 Å². The topological polar surface area (TPSA) is 41.5 Å². The van der Waals surface area contributed by atoms with Crippen molar-refractivity contribution in [3.63, 3.8) is 0 Å². The molecule has 12 heavy (non-hydrogen) atoms. The molecular formula is C9H19NO2. The van der Waals surface area contributed by atoms with Crippen LogP contribution < -0.4 is 5.32 Å². The molecule has 0 aromatic carbocycles. The Hall–Kier alpha value is -0.120. The zero-order valence-corrected chi connectivity index (χ0v) is 7.75. The van der Waals surface area contributed by atoms with E-state index in [1.807, 2.05) is 6.92 Å². The van der Waals surface area contributed by atoms with Gasteiger partial charge in [-0.3, -0.25) is 0 Å². The van der Waals surface area contributed by atoms with E-state index in [4.69, 9.17) is 9.84 Å². The SMILES string of the molecule is CC(CO)CO[C@H]1CCCNC1. The first-order valence-corrected chi connectivity index (χ1v) is 4.76.